The van der Waals surface area contributed by atoms with Crippen molar-refractivity contribution in [1.82, 2.24) is 10.4 Å². The minimum atomic E-state index is -0.933. The molecular weight excluding hydrogens is 368 g/mol. The van der Waals surface area contributed by atoms with Crippen molar-refractivity contribution >= 4 is 40.3 Å². The van der Waals surface area contributed by atoms with E-state index in [4.69, 9.17) is 4.74 Å². The lowest BCUT2D eigenvalue weighted by atomic mass is 9.95. The number of anilines is 1. The van der Waals surface area contributed by atoms with E-state index in [-0.39, 0.29) is 0 Å². The summed E-state index contributed by atoms with van der Waals surface area (Å²) in [6, 6.07) is 3.48. The number of hydrogen-bond acceptors (Lipinski definition) is 7. The molecule has 1 aliphatic carbocycles. The number of esters is 1. The molecule has 0 saturated heterocycles. The Bertz CT molecular complexity index is 892. The molecule has 27 heavy (non-hydrogen) atoms. The molecule has 0 radical (unpaired) electrons. The largest absolute Gasteiger partial charge is 0.465 e. The summed E-state index contributed by atoms with van der Waals surface area (Å²) in [5.74, 6) is -2.35. The number of ether oxygens (including phenoxy) is 1. The van der Waals surface area contributed by atoms with Crippen molar-refractivity contribution in [3.8, 4) is 0 Å². The fourth-order valence-corrected chi connectivity index (χ4v) is 4.07. The first kappa shape index (κ1) is 18.7. The number of carbonyl (C=O) groups excluding carboxylic acids is 3. The number of nitrogens with zero attached hydrogens (tertiary/aromatic N) is 2. The second-order valence-electron chi connectivity index (χ2n) is 5.85. The average molecular weight is 386 g/mol. The highest BCUT2D eigenvalue weighted by atomic mass is 32.1. The molecule has 8 nitrogen and oxygen atoms in total. The van der Waals surface area contributed by atoms with E-state index in [1.807, 2.05) is 0 Å². The minimum Gasteiger partial charge on any atom is -0.465 e. The number of methoxy groups -OCH3 is 1. The number of hydrogen-bond donors (Lipinski definition) is 2. The Balaban J connectivity index is 1.70. The number of nitrogens with one attached hydrogen (secondary N) is 2. The summed E-state index contributed by atoms with van der Waals surface area (Å²) in [7, 11) is 1.29. The van der Waals surface area contributed by atoms with Gasteiger partial charge in [-0.25, -0.2) is 10.2 Å². The van der Waals surface area contributed by atoms with Crippen LogP contribution in [0.2, 0.25) is 0 Å². The summed E-state index contributed by atoms with van der Waals surface area (Å²) < 4.78 is 4.84. The van der Waals surface area contributed by atoms with Crippen LogP contribution < -0.4 is 10.7 Å². The minimum absolute atomic E-state index is 0.338. The lowest BCUT2D eigenvalue weighted by Gasteiger charge is -2.11. The average Bonchev–Trinajstić information content (AvgIpc) is 3.05. The van der Waals surface area contributed by atoms with E-state index < -0.39 is 17.8 Å². The third kappa shape index (κ3) is 4.37. The van der Waals surface area contributed by atoms with Gasteiger partial charge in [0.05, 0.1) is 18.9 Å². The Morgan fingerprint density at radius 1 is 1.26 bits per heavy atom. The van der Waals surface area contributed by atoms with Crippen molar-refractivity contribution in [2.75, 3.05) is 12.4 Å². The number of amides is 2. The standard InChI is InChI=1S/C18H18N4O4S/c1-26-18(25)14-12-6-2-3-7-13(12)27-17(14)21-15(23)16(24)22-20-10-11-5-4-8-19-9-11/h4-5,8-10H,2-3,6-7H2,1H3,(H,21,23)(H,22,24)/b20-10+. The number of fused-ring (bicyclic) bond motifs is 1. The van der Waals surface area contributed by atoms with Gasteiger partial charge in [-0.2, -0.15) is 5.10 Å². The predicted molar refractivity (Wildman–Crippen MR) is 101 cm³/mol. The van der Waals surface area contributed by atoms with Crippen LogP contribution in [0.3, 0.4) is 0 Å². The lowest BCUT2D eigenvalue weighted by Crippen LogP contribution is -2.32. The maximum atomic E-state index is 12.2. The Labute approximate surface area is 159 Å². The van der Waals surface area contributed by atoms with E-state index in [9.17, 15) is 14.4 Å². The second-order valence-corrected chi connectivity index (χ2v) is 6.95. The van der Waals surface area contributed by atoms with Gasteiger partial charge >= 0.3 is 17.8 Å². The van der Waals surface area contributed by atoms with Gasteiger partial charge in [-0.3, -0.25) is 14.6 Å². The molecule has 0 fully saturated rings. The van der Waals surface area contributed by atoms with Crippen molar-refractivity contribution in [2.45, 2.75) is 25.7 Å². The van der Waals surface area contributed by atoms with E-state index in [1.165, 1.54) is 24.7 Å². The van der Waals surface area contributed by atoms with Crippen LogP contribution in [0, 0.1) is 0 Å². The molecule has 2 heterocycles. The number of thiophene rings is 1. The van der Waals surface area contributed by atoms with Crippen LogP contribution in [0.25, 0.3) is 0 Å². The summed E-state index contributed by atoms with van der Waals surface area (Å²) in [6.07, 6.45) is 8.17. The molecule has 0 atom stereocenters. The van der Waals surface area contributed by atoms with Gasteiger partial charge in [-0.05, 0) is 37.3 Å². The van der Waals surface area contributed by atoms with Crippen LogP contribution in [0.4, 0.5) is 5.00 Å². The Hall–Kier alpha value is -3.07. The smallest absolute Gasteiger partial charge is 0.341 e. The first-order valence-corrected chi connectivity index (χ1v) is 9.19. The van der Waals surface area contributed by atoms with E-state index in [1.54, 1.807) is 24.5 Å². The SMILES string of the molecule is COC(=O)c1c(NC(=O)C(=O)N/N=C/c2cccnc2)sc2c1CCCC2. The second kappa shape index (κ2) is 8.54. The molecular formula is C18H18N4O4S. The van der Waals surface area contributed by atoms with Gasteiger partial charge in [0.2, 0.25) is 0 Å². The molecule has 1 aliphatic rings. The monoisotopic (exact) mass is 386 g/mol. The number of aryl methyl sites for hydroxylation is 1. The number of pyridine rings is 1. The van der Waals surface area contributed by atoms with Crippen LogP contribution in [0.5, 0.6) is 0 Å². The molecule has 2 aromatic heterocycles. The zero-order valence-corrected chi connectivity index (χ0v) is 15.5. The first-order chi connectivity index (χ1) is 13.1. The lowest BCUT2D eigenvalue weighted by molar-refractivity contribution is -0.136. The molecule has 140 valence electrons. The predicted octanol–water partition coefficient (Wildman–Crippen LogP) is 1.90. The van der Waals surface area contributed by atoms with Crippen molar-refractivity contribution in [1.29, 1.82) is 0 Å². The van der Waals surface area contributed by atoms with E-state index >= 15 is 0 Å². The maximum absolute atomic E-state index is 12.2. The van der Waals surface area contributed by atoms with Gasteiger partial charge in [0, 0.05) is 22.8 Å². The van der Waals surface area contributed by atoms with Crippen LogP contribution in [-0.2, 0) is 27.2 Å². The third-order valence-electron chi connectivity index (χ3n) is 4.06. The van der Waals surface area contributed by atoms with Gasteiger partial charge < -0.3 is 10.1 Å². The van der Waals surface area contributed by atoms with Crippen LogP contribution in [0.15, 0.2) is 29.6 Å². The first-order valence-electron chi connectivity index (χ1n) is 8.37. The highest BCUT2D eigenvalue weighted by Gasteiger charge is 2.28. The van der Waals surface area contributed by atoms with Crippen molar-refractivity contribution in [3.05, 3.63) is 46.1 Å². The molecule has 0 spiro atoms. The Morgan fingerprint density at radius 3 is 2.81 bits per heavy atom. The normalized spacial score (nSPS) is 13.1. The van der Waals surface area contributed by atoms with Gasteiger partial charge in [0.25, 0.3) is 0 Å². The van der Waals surface area contributed by atoms with Gasteiger partial charge in [0.1, 0.15) is 5.00 Å². The third-order valence-corrected chi connectivity index (χ3v) is 5.27. The summed E-state index contributed by atoms with van der Waals surface area (Å²) in [4.78, 5) is 41.3. The summed E-state index contributed by atoms with van der Waals surface area (Å²) in [5, 5.41) is 6.58. The van der Waals surface area contributed by atoms with Gasteiger partial charge in [-0.1, -0.05) is 6.07 Å². The van der Waals surface area contributed by atoms with Crippen molar-refractivity contribution < 1.29 is 19.1 Å². The van der Waals surface area contributed by atoms with Crippen LogP contribution in [-0.4, -0.2) is 36.1 Å². The molecule has 2 aromatic rings. The fourth-order valence-electron chi connectivity index (χ4n) is 2.80. The Morgan fingerprint density at radius 2 is 2.07 bits per heavy atom. The molecule has 0 aromatic carbocycles. The quantitative estimate of drug-likeness (QED) is 0.361. The molecule has 0 unspecified atom stereocenters. The number of aromatic nitrogens is 1. The summed E-state index contributed by atoms with van der Waals surface area (Å²) in [5.41, 5.74) is 4.08. The van der Waals surface area contributed by atoms with Crippen LogP contribution in [0.1, 0.15) is 39.2 Å². The maximum Gasteiger partial charge on any atom is 0.341 e. The topological polar surface area (TPSA) is 110 Å². The van der Waals surface area contributed by atoms with E-state index in [0.717, 1.165) is 36.1 Å². The zero-order valence-electron chi connectivity index (χ0n) is 14.7. The van der Waals surface area contributed by atoms with Crippen molar-refractivity contribution in [2.24, 2.45) is 5.10 Å². The van der Waals surface area contributed by atoms with Gasteiger partial charge in [-0.15, -0.1) is 11.3 Å². The molecule has 9 heteroatoms. The molecule has 3 rings (SSSR count). The fraction of sp³-hybridized carbons (Fsp3) is 0.278. The molecule has 0 saturated carbocycles. The van der Waals surface area contributed by atoms with Gasteiger partial charge in [0.15, 0.2) is 0 Å². The molecule has 2 amide bonds. The summed E-state index contributed by atoms with van der Waals surface area (Å²) in [6.45, 7) is 0. The molecule has 0 bridgehead atoms. The molecule has 2 N–H and O–H groups in total. The summed E-state index contributed by atoms with van der Waals surface area (Å²) >= 11 is 1.31. The Kier molecular flexibility index (Phi) is 5.92. The van der Waals surface area contributed by atoms with Crippen LogP contribution >= 0.6 is 11.3 Å². The number of carbonyl (C=O) groups is 3. The molecule has 0 aliphatic heterocycles. The van der Waals surface area contributed by atoms with Crippen molar-refractivity contribution in [3.63, 3.8) is 0 Å². The number of rotatable bonds is 4. The van der Waals surface area contributed by atoms with E-state index in [2.05, 4.69) is 20.8 Å². The zero-order chi connectivity index (χ0) is 19.2. The highest BCUT2D eigenvalue weighted by molar-refractivity contribution is 7.17. The highest BCUT2D eigenvalue weighted by Crippen LogP contribution is 2.38. The van der Waals surface area contributed by atoms with E-state index in [0.29, 0.717) is 16.1 Å². The number of hydrazone groups is 1.